The first-order valence-electron chi connectivity index (χ1n) is 7.88. The van der Waals surface area contributed by atoms with Gasteiger partial charge in [-0.25, -0.2) is 9.97 Å². The standard InChI is InChI=1S/C18H18ClN3O4/c1-9-5-13(14(24-4)6-12(9)19)22-15(23)7-25-17-16-10(2)11(3)26-18(16)21-8-20-17/h5-6,8H,7H2,1-4H3,(H,22,23). The Labute approximate surface area is 155 Å². The van der Waals surface area contributed by atoms with Crippen LogP contribution in [0.1, 0.15) is 16.9 Å². The number of hydrogen-bond donors (Lipinski definition) is 1. The number of hydrogen-bond acceptors (Lipinski definition) is 6. The normalized spacial score (nSPS) is 10.8. The predicted molar refractivity (Wildman–Crippen MR) is 98.1 cm³/mol. The van der Waals surface area contributed by atoms with Gasteiger partial charge in [0.2, 0.25) is 11.6 Å². The Balaban J connectivity index is 1.75. The number of amides is 1. The Kier molecular flexibility index (Phi) is 4.99. The Bertz CT molecular complexity index is 984. The molecule has 3 aromatic rings. The van der Waals surface area contributed by atoms with Crippen molar-refractivity contribution in [2.24, 2.45) is 0 Å². The molecular weight excluding hydrogens is 358 g/mol. The molecule has 0 radical (unpaired) electrons. The topological polar surface area (TPSA) is 86.5 Å². The van der Waals surface area contributed by atoms with Crippen LogP contribution in [0.25, 0.3) is 11.1 Å². The lowest BCUT2D eigenvalue weighted by Gasteiger charge is -2.12. The zero-order valence-electron chi connectivity index (χ0n) is 14.8. The molecule has 1 amide bonds. The summed E-state index contributed by atoms with van der Waals surface area (Å²) in [5, 5.41) is 3.98. The van der Waals surface area contributed by atoms with Crippen molar-refractivity contribution in [3.8, 4) is 11.6 Å². The third-order valence-electron chi connectivity index (χ3n) is 4.03. The van der Waals surface area contributed by atoms with Crippen molar-refractivity contribution in [3.63, 3.8) is 0 Å². The Morgan fingerprint density at radius 1 is 1.27 bits per heavy atom. The van der Waals surface area contributed by atoms with Gasteiger partial charge < -0.3 is 19.2 Å². The number of aryl methyl sites for hydroxylation is 3. The van der Waals surface area contributed by atoms with Crippen molar-refractivity contribution in [1.82, 2.24) is 9.97 Å². The van der Waals surface area contributed by atoms with Crippen LogP contribution in [-0.2, 0) is 4.79 Å². The van der Waals surface area contributed by atoms with Gasteiger partial charge in [-0.3, -0.25) is 4.79 Å². The van der Waals surface area contributed by atoms with Gasteiger partial charge in [-0.2, -0.15) is 0 Å². The highest BCUT2D eigenvalue weighted by Crippen LogP contribution is 2.31. The van der Waals surface area contributed by atoms with Gasteiger partial charge in [0.05, 0.1) is 12.8 Å². The van der Waals surface area contributed by atoms with Gasteiger partial charge in [0.25, 0.3) is 5.91 Å². The molecule has 0 atom stereocenters. The molecule has 0 bridgehead atoms. The molecule has 8 heteroatoms. The maximum absolute atomic E-state index is 12.3. The molecule has 2 heterocycles. The molecule has 1 aromatic carbocycles. The number of fused-ring (bicyclic) bond motifs is 1. The summed E-state index contributed by atoms with van der Waals surface area (Å²) < 4.78 is 16.4. The number of benzene rings is 1. The van der Waals surface area contributed by atoms with E-state index in [0.717, 1.165) is 16.9 Å². The fraction of sp³-hybridized carbons (Fsp3) is 0.278. The average molecular weight is 376 g/mol. The highest BCUT2D eigenvalue weighted by molar-refractivity contribution is 6.31. The third kappa shape index (κ3) is 3.43. The summed E-state index contributed by atoms with van der Waals surface area (Å²) in [6.45, 7) is 5.34. The summed E-state index contributed by atoms with van der Waals surface area (Å²) in [5.41, 5.74) is 2.66. The zero-order valence-corrected chi connectivity index (χ0v) is 15.6. The van der Waals surface area contributed by atoms with Gasteiger partial charge in [0, 0.05) is 16.7 Å². The number of carbonyl (C=O) groups is 1. The highest BCUT2D eigenvalue weighted by Gasteiger charge is 2.16. The SMILES string of the molecule is COc1cc(Cl)c(C)cc1NC(=O)COc1ncnc2oc(C)c(C)c12. The van der Waals surface area contributed by atoms with Crippen molar-refractivity contribution >= 4 is 34.3 Å². The Morgan fingerprint density at radius 2 is 2.04 bits per heavy atom. The summed E-state index contributed by atoms with van der Waals surface area (Å²) in [6.07, 6.45) is 1.34. The largest absolute Gasteiger partial charge is 0.495 e. The molecule has 0 aliphatic rings. The molecule has 2 aromatic heterocycles. The van der Waals surface area contributed by atoms with E-state index in [1.807, 2.05) is 20.8 Å². The molecule has 7 nitrogen and oxygen atoms in total. The smallest absolute Gasteiger partial charge is 0.262 e. The van der Waals surface area contributed by atoms with Crippen molar-refractivity contribution in [3.05, 3.63) is 40.4 Å². The molecule has 26 heavy (non-hydrogen) atoms. The molecular formula is C18H18ClN3O4. The lowest BCUT2D eigenvalue weighted by molar-refractivity contribution is -0.118. The second kappa shape index (κ2) is 7.21. The van der Waals surface area contributed by atoms with E-state index >= 15 is 0 Å². The van der Waals surface area contributed by atoms with Crippen molar-refractivity contribution < 1.29 is 18.7 Å². The van der Waals surface area contributed by atoms with Gasteiger partial charge in [0.1, 0.15) is 23.2 Å². The van der Waals surface area contributed by atoms with Crippen molar-refractivity contribution in [1.29, 1.82) is 0 Å². The van der Waals surface area contributed by atoms with Crippen LogP contribution in [0.2, 0.25) is 5.02 Å². The Hall–Kier alpha value is -2.80. The van der Waals surface area contributed by atoms with Gasteiger partial charge in [-0.05, 0) is 32.4 Å². The van der Waals surface area contributed by atoms with Crippen LogP contribution >= 0.6 is 11.6 Å². The number of furan rings is 1. The van der Waals surface area contributed by atoms with E-state index in [9.17, 15) is 4.79 Å². The zero-order chi connectivity index (χ0) is 18.8. The quantitative estimate of drug-likeness (QED) is 0.729. The first-order valence-corrected chi connectivity index (χ1v) is 8.26. The summed E-state index contributed by atoms with van der Waals surface area (Å²) in [6, 6.07) is 3.39. The van der Waals surface area contributed by atoms with E-state index < -0.39 is 0 Å². The molecule has 1 N–H and O–H groups in total. The maximum Gasteiger partial charge on any atom is 0.262 e. The number of anilines is 1. The van der Waals surface area contributed by atoms with Crippen LogP contribution in [0.3, 0.4) is 0 Å². The van der Waals surface area contributed by atoms with Gasteiger partial charge >= 0.3 is 0 Å². The van der Waals surface area contributed by atoms with Crippen LogP contribution in [0.5, 0.6) is 11.6 Å². The molecule has 136 valence electrons. The van der Waals surface area contributed by atoms with Crippen molar-refractivity contribution in [2.45, 2.75) is 20.8 Å². The van der Waals surface area contributed by atoms with Crippen molar-refractivity contribution in [2.75, 3.05) is 19.0 Å². The van der Waals surface area contributed by atoms with Crippen LogP contribution in [0, 0.1) is 20.8 Å². The van der Waals surface area contributed by atoms with E-state index in [1.165, 1.54) is 13.4 Å². The van der Waals surface area contributed by atoms with Gasteiger partial charge in [-0.15, -0.1) is 0 Å². The Morgan fingerprint density at radius 3 is 2.77 bits per heavy atom. The summed E-state index contributed by atoms with van der Waals surface area (Å²) in [5.74, 6) is 1.16. The van der Waals surface area contributed by atoms with Crippen LogP contribution < -0.4 is 14.8 Å². The van der Waals surface area contributed by atoms with Crippen LogP contribution in [0.4, 0.5) is 5.69 Å². The van der Waals surface area contributed by atoms with E-state index in [-0.39, 0.29) is 12.5 Å². The number of carbonyl (C=O) groups excluding carboxylic acids is 1. The minimum absolute atomic E-state index is 0.222. The molecule has 0 fully saturated rings. The number of nitrogens with zero attached hydrogens (tertiary/aromatic N) is 2. The summed E-state index contributed by atoms with van der Waals surface area (Å²) in [7, 11) is 1.51. The second-order valence-corrected chi connectivity index (χ2v) is 6.19. The van der Waals surface area contributed by atoms with Gasteiger partial charge in [0.15, 0.2) is 6.61 Å². The number of rotatable bonds is 5. The molecule has 0 unspecified atom stereocenters. The maximum atomic E-state index is 12.3. The lowest BCUT2D eigenvalue weighted by atomic mass is 10.2. The highest BCUT2D eigenvalue weighted by atomic mass is 35.5. The van der Waals surface area contributed by atoms with Crippen LogP contribution in [0.15, 0.2) is 22.9 Å². The predicted octanol–water partition coefficient (Wildman–Crippen LogP) is 3.83. The van der Waals surface area contributed by atoms with E-state index in [4.69, 9.17) is 25.5 Å². The lowest BCUT2D eigenvalue weighted by Crippen LogP contribution is -2.21. The third-order valence-corrected chi connectivity index (χ3v) is 4.43. The first kappa shape index (κ1) is 18.0. The average Bonchev–Trinajstić information content (AvgIpc) is 2.91. The monoisotopic (exact) mass is 375 g/mol. The molecule has 0 spiro atoms. The molecule has 0 aliphatic heterocycles. The fourth-order valence-corrected chi connectivity index (χ4v) is 2.66. The first-order chi connectivity index (χ1) is 12.4. The van der Waals surface area contributed by atoms with E-state index in [1.54, 1.807) is 12.1 Å². The second-order valence-electron chi connectivity index (χ2n) is 5.78. The summed E-state index contributed by atoms with van der Waals surface area (Å²) in [4.78, 5) is 20.5. The minimum atomic E-state index is -0.352. The fourth-order valence-electron chi connectivity index (χ4n) is 2.51. The van der Waals surface area contributed by atoms with E-state index in [2.05, 4.69) is 15.3 Å². The number of nitrogens with one attached hydrogen (secondary N) is 1. The van der Waals surface area contributed by atoms with Crippen LogP contribution in [-0.4, -0.2) is 29.6 Å². The molecule has 0 aliphatic carbocycles. The minimum Gasteiger partial charge on any atom is -0.495 e. The van der Waals surface area contributed by atoms with E-state index in [0.29, 0.717) is 33.4 Å². The molecule has 0 saturated carbocycles. The molecule has 3 rings (SSSR count). The number of halogens is 1. The van der Waals surface area contributed by atoms with Gasteiger partial charge in [-0.1, -0.05) is 11.6 Å². The number of methoxy groups -OCH3 is 1. The summed E-state index contributed by atoms with van der Waals surface area (Å²) >= 11 is 6.07. The molecule has 0 saturated heterocycles. The number of ether oxygens (including phenoxy) is 2. The number of aromatic nitrogens is 2.